The Balaban J connectivity index is 2.24. The van der Waals surface area contributed by atoms with Gasteiger partial charge in [-0.15, -0.1) is 0 Å². The molecule has 0 amide bonds. The van der Waals surface area contributed by atoms with Gasteiger partial charge in [-0.2, -0.15) is 0 Å². The van der Waals surface area contributed by atoms with E-state index in [0.717, 1.165) is 18.1 Å². The predicted octanol–water partition coefficient (Wildman–Crippen LogP) is 2.19. The van der Waals surface area contributed by atoms with Gasteiger partial charge < -0.3 is 9.67 Å². The molecule has 0 aromatic carbocycles. The van der Waals surface area contributed by atoms with Gasteiger partial charge >= 0.3 is 5.97 Å². The highest BCUT2D eigenvalue weighted by Gasteiger charge is 2.23. The van der Waals surface area contributed by atoms with Crippen LogP contribution in [0, 0.1) is 0 Å². The summed E-state index contributed by atoms with van der Waals surface area (Å²) in [7, 11) is 0. The maximum Gasteiger partial charge on any atom is 0.309 e. The standard InChI is InChI=1S/C12H18N2O2/c1-2-14-10(7-11(15)16)8-13-12(14)9-5-3-4-6-9/h8-9H,2-7H2,1H3,(H,15,16). The third-order valence-electron chi connectivity index (χ3n) is 3.34. The van der Waals surface area contributed by atoms with Gasteiger partial charge in [0.15, 0.2) is 0 Å². The molecule has 0 aliphatic heterocycles. The Labute approximate surface area is 95.3 Å². The van der Waals surface area contributed by atoms with Gasteiger partial charge in [0.25, 0.3) is 0 Å². The van der Waals surface area contributed by atoms with Crippen LogP contribution in [0.2, 0.25) is 0 Å². The van der Waals surface area contributed by atoms with E-state index in [-0.39, 0.29) is 6.42 Å². The van der Waals surface area contributed by atoms with E-state index in [1.54, 1.807) is 6.20 Å². The number of rotatable bonds is 4. The molecule has 0 bridgehead atoms. The molecule has 1 aliphatic carbocycles. The second-order valence-corrected chi connectivity index (χ2v) is 4.40. The summed E-state index contributed by atoms with van der Waals surface area (Å²) in [4.78, 5) is 15.1. The minimum absolute atomic E-state index is 0.0769. The van der Waals surface area contributed by atoms with Crippen molar-refractivity contribution in [3.8, 4) is 0 Å². The van der Waals surface area contributed by atoms with Crippen molar-refractivity contribution in [2.45, 2.75) is 51.5 Å². The molecule has 2 rings (SSSR count). The predicted molar refractivity (Wildman–Crippen MR) is 60.4 cm³/mol. The first-order valence-electron chi connectivity index (χ1n) is 5.98. The molecule has 4 nitrogen and oxygen atoms in total. The molecule has 0 spiro atoms. The van der Waals surface area contributed by atoms with Crippen molar-refractivity contribution in [2.24, 2.45) is 0 Å². The molecule has 1 heterocycles. The largest absolute Gasteiger partial charge is 0.481 e. The number of carboxylic acid groups (broad SMARTS) is 1. The second-order valence-electron chi connectivity index (χ2n) is 4.40. The topological polar surface area (TPSA) is 55.1 Å². The summed E-state index contributed by atoms with van der Waals surface area (Å²) in [5.41, 5.74) is 0.830. The van der Waals surface area contributed by atoms with Crippen LogP contribution in [-0.4, -0.2) is 20.6 Å². The highest BCUT2D eigenvalue weighted by molar-refractivity contribution is 5.69. The molecule has 1 aromatic heterocycles. The van der Waals surface area contributed by atoms with E-state index in [9.17, 15) is 4.79 Å². The third kappa shape index (κ3) is 2.10. The van der Waals surface area contributed by atoms with Crippen LogP contribution in [0.5, 0.6) is 0 Å². The van der Waals surface area contributed by atoms with Crippen molar-refractivity contribution in [2.75, 3.05) is 0 Å². The molecular weight excluding hydrogens is 204 g/mol. The fraction of sp³-hybridized carbons (Fsp3) is 0.667. The smallest absolute Gasteiger partial charge is 0.309 e. The maximum absolute atomic E-state index is 10.7. The van der Waals surface area contributed by atoms with Crippen LogP contribution < -0.4 is 0 Å². The van der Waals surface area contributed by atoms with Crippen molar-refractivity contribution in [3.63, 3.8) is 0 Å². The van der Waals surface area contributed by atoms with Crippen LogP contribution in [0.25, 0.3) is 0 Å². The van der Waals surface area contributed by atoms with Gasteiger partial charge in [-0.05, 0) is 19.8 Å². The van der Waals surface area contributed by atoms with Crippen LogP contribution in [-0.2, 0) is 17.8 Å². The van der Waals surface area contributed by atoms with Crippen molar-refractivity contribution in [1.29, 1.82) is 0 Å². The molecule has 1 N–H and O–H groups in total. The Morgan fingerprint density at radius 3 is 2.81 bits per heavy atom. The van der Waals surface area contributed by atoms with E-state index < -0.39 is 5.97 Å². The first kappa shape index (κ1) is 11.2. The van der Waals surface area contributed by atoms with Gasteiger partial charge in [0.1, 0.15) is 5.82 Å². The van der Waals surface area contributed by atoms with Gasteiger partial charge in [-0.1, -0.05) is 12.8 Å². The molecule has 1 fully saturated rings. The van der Waals surface area contributed by atoms with Gasteiger partial charge in [-0.25, -0.2) is 4.98 Å². The number of nitrogens with zero attached hydrogens (tertiary/aromatic N) is 2. The first-order valence-corrected chi connectivity index (χ1v) is 5.98. The summed E-state index contributed by atoms with van der Waals surface area (Å²) < 4.78 is 2.07. The van der Waals surface area contributed by atoms with Crippen molar-refractivity contribution in [3.05, 3.63) is 17.7 Å². The minimum Gasteiger partial charge on any atom is -0.481 e. The molecule has 1 aromatic rings. The van der Waals surface area contributed by atoms with E-state index in [1.807, 2.05) is 6.92 Å². The van der Waals surface area contributed by atoms with Gasteiger partial charge in [0, 0.05) is 24.4 Å². The second kappa shape index (κ2) is 4.68. The van der Waals surface area contributed by atoms with Crippen LogP contribution in [0.3, 0.4) is 0 Å². The number of hydrogen-bond donors (Lipinski definition) is 1. The van der Waals surface area contributed by atoms with Crippen LogP contribution in [0.4, 0.5) is 0 Å². The summed E-state index contributed by atoms with van der Waals surface area (Å²) in [5.74, 6) is 0.853. The molecule has 16 heavy (non-hydrogen) atoms. The monoisotopic (exact) mass is 222 g/mol. The van der Waals surface area contributed by atoms with Crippen LogP contribution in [0.1, 0.15) is 50.0 Å². The van der Waals surface area contributed by atoms with Gasteiger partial charge in [0.05, 0.1) is 6.42 Å². The molecule has 0 unspecified atom stereocenters. The van der Waals surface area contributed by atoms with Crippen molar-refractivity contribution in [1.82, 2.24) is 9.55 Å². The molecule has 88 valence electrons. The number of carbonyl (C=O) groups is 1. The van der Waals surface area contributed by atoms with Crippen LogP contribution >= 0.6 is 0 Å². The average molecular weight is 222 g/mol. The van der Waals surface area contributed by atoms with E-state index in [2.05, 4.69) is 9.55 Å². The number of hydrogen-bond acceptors (Lipinski definition) is 2. The molecule has 1 saturated carbocycles. The quantitative estimate of drug-likeness (QED) is 0.849. The van der Waals surface area contributed by atoms with E-state index in [1.165, 1.54) is 25.7 Å². The highest BCUT2D eigenvalue weighted by Crippen LogP contribution is 2.33. The summed E-state index contributed by atoms with van der Waals surface area (Å²) in [5, 5.41) is 8.82. The maximum atomic E-state index is 10.7. The van der Waals surface area contributed by atoms with Gasteiger partial charge in [0.2, 0.25) is 0 Å². The normalized spacial score (nSPS) is 16.8. The highest BCUT2D eigenvalue weighted by atomic mass is 16.4. The van der Waals surface area contributed by atoms with E-state index in [0.29, 0.717) is 5.92 Å². The molecule has 0 saturated heterocycles. The molecule has 1 aliphatic rings. The first-order chi connectivity index (χ1) is 7.72. The zero-order chi connectivity index (χ0) is 11.5. The van der Waals surface area contributed by atoms with E-state index >= 15 is 0 Å². The minimum atomic E-state index is -0.785. The zero-order valence-electron chi connectivity index (χ0n) is 9.65. The summed E-state index contributed by atoms with van der Waals surface area (Å²) in [6.07, 6.45) is 6.75. The summed E-state index contributed by atoms with van der Waals surface area (Å²) in [6, 6.07) is 0. The van der Waals surface area contributed by atoms with Gasteiger partial charge in [-0.3, -0.25) is 4.79 Å². The summed E-state index contributed by atoms with van der Waals surface area (Å²) >= 11 is 0. The SMILES string of the molecule is CCn1c(CC(=O)O)cnc1C1CCCC1. The van der Waals surface area contributed by atoms with E-state index in [4.69, 9.17) is 5.11 Å². The number of aliphatic carboxylic acids is 1. The lowest BCUT2D eigenvalue weighted by Crippen LogP contribution is -2.11. The lowest BCUT2D eigenvalue weighted by molar-refractivity contribution is -0.136. The molecule has 0 radical (unpaired) electrons. The number of carboxylic acids is 1. The molecular formula is C12H18N2O2. The fourth-order valence-corrected chi connectivity index (χ4v) is 2.60. The fourth-order valence-electron chi connectivity index (χ4n) is 2.60. The Hall–Kier alpha value is -1.32. The Morgan fingerprint density at radius 2 is 2.25 bits per heavy atom. The zero-order valence-corrected chi connectivity index (χ0v) is 9.65. The van der Waals surface area contributed by atoms with Crippen molar-refractivity contribution < 1.29 is 9.90 Å². The summed E-state index contributed by atoms with van der Waals surface area (Å²) in [6.45, 7) is 2.86. The Bertz CT molecular complexity index is 378. The van der Waals surface area contributed by atoms with Crippen LogP contribution in [0.15, 0.2) is 6.20 Å². The lowest BCUT2D eigenvalue weighted by atomic mass is 10.1. The molecule has 0 atom stereocenters. The number of aromatic nitrogens is 2. The number of imidazole rings is 1. The third-order valence-corrected chi connectivity index (χ3v) is 3.34. The Kier molecular flexibility index (Phi) is 3.27. The lowest BCUT2D eigenvalue weighted by Gasteiger charge is -2.12. The Morgan fingerprint density at radius 1 is 1.56 bits per heavy atom. The molecule has 4 heteroatoms. The van der Waals surface area contributed by atoms with Crippen molar-refractivity contribution >= 4 is 5.97 Å². The average Bonchev–Trinajstić information content (AvgIpc) is 2.84.